The molecule has 0 amide bonds. The van der Waals surface area contributed by atoms with E-state index in [1.54, 1.807) is 0 Å². The van der Waals surface area contributed by atoms with Crippen LogP contribution < -0.4 is 0 Å². The average Bonchev–Trinajstić information content (AvgIpc) is 3.45. The van der Waals surface area contributed by atoms with Crippen molar-refractivity contribution in [3.8, 4) is 0 Å². The molecule has 0 aliphatic carbocycles. The molecule has 0 aromatic rings. The molecule has 0 saturated heterocycles. The molecule has 63 heavy (non-hydrogen) atoms. The minimum atomic E-state index is -5.02. The second kappa shape index (κ2) is 30.9. The first-order valence-corrected chi connectivity index (χ1v) is 19.7. The van der Waals surface area contributed by atoms with E-state index < -0.39 is 124 Å². The van der Waals surface area contributed by atoms with Gasteiger partial charge in [0.25, 0.3) is 11.5 Å². The molecule has 0 aromatic carbocycles. The zero-order chi connectivity index (χ0) is 47.7. The Hall–Kier alpha value is -2.14. The number of nitrogens with zero attached hydrogens (tertiary/aromatic N) is 2. The van der Waals surface area contributed by atoms with Crippen LogP contribution in [-0.4, -0.2) is 280 Å². The van der Waals surface area contributed by atoms with Gasteiger partial charge in [0.1, 0.15) is 25.3 Å². The monoisotopic (exact) mass is 992 g/mol. The van der Waals surface area contributed by atoms with Gasteiger partial charge in [0.05, 0.1) is 68.3 Å². The fourth-order valence-electron chi connectivity index (χ4n) is 4.40. The van der Waals surface area contributed by atoms with Crippen LogP contribution in [0.5, 0.6) is 0 Å². The molecule has 2 rings (SSSR count). The molecule has 348 valence electrons. The Bertz CT molecular complexity index is 1520. The smallest absolute Gasteiger partial charge is 0.505 e. The number of cyclic esters (lactones) is 2. The molecule has 12 N–H and O–H groups in total. The van der Waals surface area contributed by atoms with E-state index in [9.17, 15) is 48.1 Å². The predicted molar refractivity (Wildman–Crippen MR) is 210 cm³/mol. The summed E-state index contributed by atoms with van der Waals surface area (Å²) in [6.45, 7) is 1.92. The number of ether oxygens (including phenoxy) is 4. The van der Waals surface area contributed by atoms with Gasteiger partial charge in [-0.05, 0) is 0 Å². The zero-order valence-corrected chi connectivity index (χ0v) is 41.7. The summed E-state index contributed by atoms with van der Waals surface area (Å²) in [5, 5.41) is 71.0. The minimum Gasteiger partial charge on any atom is -0.505 e. The summed E-state index contributed by atoms with van der Waals surface area (Å²) in [6, 6.07) is 0. The van der Waals surface area contributed by atoms with Crippen molar-refractivity contribution >= 4 is 121 Å². The largest absolute Gasteiger partial charge is 2.00 e. The molecule has 28 nitrogen and oxygen atoms in total. The predicted octanol–water partition coefficient (Wildman–Crippen LogP) is -4.66. The third-order valence-electron chi connectivity index (χ3n) is 6.31. The van der Waals surface area contributed by atoms with Crippen LogP contribution in [0.2, 0.25) is 0 Å². The Morgan fingerprint density at radius 2 is 0.873 bits per heavy atom. The van der Waals surface area contributed by atoms with Gasteiger partial charge < -0.3 is 77.8 Å². The molecule has 0 saturated carbocycles. The van der Waals surface area contributed by atoms with Gasteiger partial charge in [-0.3, -0.25) is 38.8 Å². The van der Waals surface area contributed by atoms with Crippen LogP contribution in [-0.2, 0) is 65.9 Å². The Balaban J connectivity index is -0.000000234. The zero-order valence-electron chi connectivity index (χ0n) is 35.7. The molecular formula is C30H54Mg3N2O26P2+8. The van der Waals surface area contributed by atoms with Crippen LogP contribution in [0.1, 0.15) is 26.7 Å². The van der Waals surface area contributed by atoms with Gasteiger partial charge in [0.2, 0.25) is 0 Å². The fourth-order valence-corrected chi connectivity index (χ4v) is 5.22. The van der Waals surface area contributed by atoms with E-state index in [0.29, 0.717) is 22.1 Å². The van der Waals surface area contributed by atoms with Gasteiger partial charge in [-0.15, -0.1) is 0 Å². The molecule has 0 spiro atoms. The molecule has 0 bridgehead atoms. The van der Waals surface area contributed by atoms with Crippen molar-refractivity contribution in [2.24, 2.45) is 0 Å². The number of rotatable bonds is 18. The van der Waals surface area contributed by atoms with Crippen molar-refractivity contribution in [2.45, 2.75) is 63.3 Å². The standard InChI is InChI=1S/2C9H17NO4.2C6H9O9P.3Mg/c2*1-7(11)14-8(5-9(12)13)6-10(2,3)4;2*7-1-2(8)4-3(9)5(6(10)14-4)15-16(11,12)13;;;/h2*8H,5-6H2,1-4H3;2*2,4,7-9H,1H2,(H2,11,12,13);;;/q;;;;3*+2/p+2/t2*8-;2*2-,4+;;;/m1100.../s1. The number of likely N-dealkylation sites (N-methyl/N-ethyl adjacent to an activating group) is 2. The Morgan fingerprint density at radius 3 is 1.05 bits per heavy atom. The molecule has 6 atom stereocenters. The first kappa shape index (κ1) is 69.9. The maximum atomic E-state index is 11.0. The summed E-state index contributed by atoms with van der Waals surface area (Å²) in [5.74, 6) is -9.57. The molecule has 0 unspecified atom stereocenters. The van der Waals surface area contributed by atoms with Crippen LogP contribution in [0.25, 0.3) is 0 Å². The van der Waals surface area contributed by atoms with Crippen LogP contribution in [0.4, 0.5) is 0 Å². The van der Waals surface area contributed by atoms with E-state index in [0.717, 1.165) is 0 Å². The van der Waals surface area contributed by atoms with Gasteiger partial charge in [0, 0.05) is 13.8 Å². The van der Waals surface area contributed by atoms with Crippen molar-refractivity contribution in [1.82, 2.24) is 0 Å². The second-order valence-electron chi connectivity index (χ2n) is 14.3. The van der Waals surface area contributed by atoms with Crippen molar-refractivity contribution in [2.75, 3.05) is 68.6 Å². The molecule has 2 aliphatic rings. The number of esters is 4. The van der Waals surface area contributed by atoms with E-state index in [1.807, 2.05) is 42.3 Å². The number of quaternary nitrogens is 2. The Morgan fingerprint density at radius 1 is 0.619 bits per heavy atom. The van der Waals surface area contributed by atoms with Gasteiger partial charge >= 0.3 is 121 Å². The van der Waals surface area contributed by atoms with E-state index >= 15 is 0 Å². The number of carbonyl (C=O) groups is 6. The number of carbonyl (C=O) groups excluding carboxylic acids is 4. The summed E-state index contributed by atoms with van der Waals surface area (Å²) in [6.07, 6.45) is -7.80. The molecule has 2 aliphatic heterocycles. The van der Waals surface area contributed by atoms with Gasteiger partial charge in [-0.1, -0.05) is 0 Å². The molecule has 0 radical (unpaired) electrons. The van der Waals surface area contributed by atoms with Crippen LogP contribution >= 0.6 is 15.6 Å². The third-order valence-corrected chi connectivity index (χ3v) is 7.15. The maximum Gasteiger partial charge on any atom is 2.00 e. The summed E-state index contributed by atoms with van der Waals surface area (Å²) in [7, 11) is 1.45. The maximum absolute atomic E-state index is 11.0. The number of aliphatic hydroxyl groups is 6. The molecular weight excluding hydrogens is 939 g/mol. The summed E-state index contributed by atoms with van der Waals surface area (Å²) < 4.78 is 48.2. The minimum absolute atomic E-state index is 0. The summed E-state index contributed by atoms with van der Waals surface area (Å²) in [5.41, 5.74) is 0. The number of hydrogen-bond donors (Lipinski definition) is 12. The molecule has 0 aromatic heterocycles. The van der Waals surface area contributed by atoms with Crippen molar-refractivity contribution in [1.29, 1.82) is 0 Å². The van der Waals surface area contributed by atoms with Crippen LogP contribution in [0.15, 0.2) is 23.0 Å². The van der Waals surface area contributed by atoms with E-state index in [2.05, 4.69) is 18.5 Å². The number of phosphoric acid groups is 2. The summed E-state index contributed by atoms with van der Waals surface area (Å²) >= 11 is 0. The number of carboxylic acid groups (broad SMARTS) is 2. The Kier molecular flexibility index (Phi) is 34.3. The number of aliphatic carboxylic acids is 2. The van der Waals surface area contributed by atoms with Crippen molar-refractivity contribution in [3.63, 3.8) is 0 Å². The normalized spacial score (nSPS) is 17.8. The van der Waals surface area contributed by atoms with Crippen LogP contribution in [0.3, 0.4) is 0 Å². The first-order chi connectivity index (χ1) is 26.9. The first-order valence-electron chi connectivity index (χ1n) is 16.7. The van der Waals surface area contributed by atoms with Crippen molar-refractivity contribution in [3.05, 3.63) is 23.0 Å². The van der Waals surface area contributed by atoms with Crippen molar-refractivity contribution < 1.29 is 135 Å². The number of hydrogen-bond acceptors (Lipinski definition) is 20. The molecule has 2 heterocycles. The second-order valence-corrected chi connectivity index (χ2v) is 16.7. The summed E-state index contributed by atoms with van der Waals surface area (Å²) in [4.78, 5) is 98.0. The Labute approximate surface area is 408 Å². The number of aliphatic hydroxyl groups excluding tert-OH is 6. The van der Waals surface area contributed by atoms with Gasteiger partial charge in [-0.2, -0.15) is 0 Å². The van der Waals surface area contributed by atoms with Gasteiger partial charge in [-0.25, -0.2) is 18.7 Å². The number of phosphoric ester groups is 2. The van der Waals surface area contributed by atoms with Crippen LogP contribution in [0, 0.1) is 0 Å². The quantitative estimate of drug-likeness (QED) is 0.0202. The molecule has 0 fully saturated rings. The number of carboxylic acids is 2. The molecule has 33 heteroatoms. The third kappa shape index (κ3) is 33.1. The van der Waals surface area contributed by atoms with E-state index in [1.165, 1.54) is 13.8 Å². The topological polar surface area (TPSA) is 435 Å². The average molecular weight is 994 g/mol. The van der Waals surface area contributed by atoms with E-state index in [-0.39, 0.29) is 82.0 Å². The van der Waals surface area contributed by atoms with Gasteiger partial charge in [0.15, 0.2) is 35.9 Å². The van der Waals surface area contributed by atoms with E-state index in [4.69, 9.17) is 59.7 Å². The SMILES string of the molecule is CC(=O)O[C@H](CC(=O)O)C[N+](C)(C)C.CC(=O)O[C@H](CC(=O)O)C[N+](C)(C)C.O=C1O[C@H]([C@@H](O)CO)C(O)=C1OP(=O)(O)O.O=C1O[C@H]([C@@H](O)CO)C(O)=C1OP(=O)(O)O.[Mg+2].[Mg+2].[Mg+2]. The fraction of sp³-hybridized carbons (Fsp3) is 0.667.